The van der Waals surface area contributed by atoms with Gasteiger partial charge in [0.25, 0.3) is 11.8 Å². The van der Waals surface area contributed by atoms with E-state index in [9.17, 15) is 14.0 Å². The van der Waals surface area contributed by atoms with Crippen molar-refractivity contribution in [3.8, 4) is 0 Å². The second kappa shape index (κ2) is 6.99. The number of carbonyl (C=O) groups excluding carboxylic acids is 2. The third-order valence-corrected chi connectivity index (χ3v) is 4.46. The molecule has 0 atom stereocenters. The molecule has 134 valence electrons. The average Bonchev–Trinajstić information content (AvgIpc) is 3.11. The lowest BCUT2D eigenvalue weighted by Gasteiger charge is -2.17. The highest BCUT2D eigenvalue weighted by Gasteiger charge is 2.26. The van der Waals surface area contributed by atoms with Crippen LogP contribution in [0.15, 0.2) is 66.9 Å². The van der Waals surface area contributed by atoms with E-state index in [1.807, 2.05) is 24.3 Å². The van der Waals surface area contributed by atoms with E-state index in [4.69, 9.17) is 0 Å². The average molecular weight is 361 g/mol. The molecule has 2 amide bonds. The van der Waals surface area contributed by atoms with Gasteiger partial charge in [0.15, 0.2) is 0 Å². The lowest BCUT2D eigenvalue weighted by Crippen LogP contribution is -2.30. The molecule has 2 heterocycles. The minimum Gasteiger partial charge on any atom is -0.322 e. The van der Waals surface area contributed by atoms with Crippen LogP contribution >= 0.6 is 0 Å². The molecule has 2 aromatic carbocycles. The van der Waals surface area contributed by atoms with E-state index in [-0.39, 0.29) is 17.2 Å². The van der Waals surface area contributed by atoms with E-state index in [0.29, 0.717) is 12.2 Å². The second-order valence-corrected chi connectivity index (χ2v) is 6.23. The molecule has 0 bridgehead atoms. The Labute approximate surface area is 155 Å². The molecule has 0 unspecified atom stereocenters. The van der Waals surface area contributed by atoms with Gasteiger partial charge in [-0.1, -0.05) is 24.3 Å². The molecule has 0 fully saturated rings. The zero-order chi connectivity index (χ0) is 18.8. The van der Waals surface area contributed by atoms with E-state index >= 15 is 0 Å². The Morgan fingerprint density at radius 2 is 1.89 bits per heavy atom. The van der Waals surface area contributed by atoms with Crippen LogP contribution < -0.4 is 10.2 Å². The van der Waals surface area contributed by atoms with E-state index in [2.05, 4.69) is 10.3 Å². The summed E-state index contributed by atoms with van der Waals surface area (Å²) < 4.78 is 13.3. The van der Waals surface area contributed by atoms with Gasteiger partial charge in [-0.05, 0) is 48.4 Å². The molecule has 27 heavy (non-hydrogen) atoms. The Bertz CT molecular complexity index is 1040. The van der Waals surface area contributed by atoms with Gasteiger partial charge in [-0.15, -0.1) is 0 Å². The molecule has 0 aliphatic carbocycles. The number of para-hydroxylation sites is 1. The minimum absolute atomic E-state index is 0.193. The fourth-order valence-corrected chi connectivity index (χ4v) is 3.15. The van der Waals surface area contributed by atoms with Gasteiger partial charge in [-0.3, -0.25) is 14.6 Å². The molecule has 0 saturated heterocycles. The normalized spacial score (nSPS) is 12.6. The van der Waals surface area contributed by atoms with Gasteiger partial charge in [-0.2, -0.15) is 0 Å². The summed E-state index contributed by atoms with van der Waals surface area (Å²) in [5.41, 5.74) is 2.81. The maximum Gasteiger partial charge on any atom is 0.276 e. The number of anilines is 2. The molecule has 4 rings (SSSR count). The molecule has 1 aliphatic rings. The third kappa shape index (κ3) is 3.42. The van der Waals surface area contributed by atoms with Crippen molar-refractivity contribution in [2.45, 2.75) is 6.42 Å². The van der Waals surface area contributed by atoms with Crippen molar-refractivity contribution >= 4 is 23.2 Å². The van der Waals surface area contributed by atoms with Crippen molar-refractivity contribution in [1.82, 2.24) is 4.98 Å². The van der Waals surface area contributed by atoms with Crippen molar-refractivity contribution in [1.29, 1.82) is 0 Å². The molecule has 1 N–H and O–H groups in total. The van der Waals surface area contributed by atoms with Crippen molar-refractivity contribution in [3.05, 3.63) is 89.5 Å². The van der Waals surface area contributed by atoms with Gasteiger partial charge in [-0.25, -0.2) is 4.39 Å². The Hall–Kier alpha value is -3.54. The van der Waals surface area contributed by atoms with Gasteiger partial charge >= 0.3 is 0 Å². The summed E-state index contributed by atoms with van der Waals surface area (Å²) in [4.78, 5) is 31.1. The van der Waals surface area contributed by atoms with Crippen LogP contribution in [-0.2, 0) is 6.42 Å². The monoisotopic (exact) mass is 361 g/mol. The summed E-state index contributed by atoms with van der Waals surface area (Å²) in [7, 11) is 0. The molecule has 1 aliphatic heterocycles. The third-order valence-electron chi connectivity index (χ3n) is 4.46. The smallest absolute Gasteiger partial charge is 0.276 e. The molecule has 1 aromatic heterocycles. The number of amides is 2. The summed E-state index contributed by atoms with van der Waals surface area (Å²) in [6.07, 6.45) is 2.22. The number of rotatable bonds is 3. The number of pyridine rings is 1. The number of aromatic nitrogens is 1. The number of hydrogen-bond donors (Lipinski definition) is 1. The summed E-state index contributed by atoms with van der Waals surface area (Å²) in [5.74, 6) is -1.12. The van der Waals surface area contributed by atoms with E-state index in [0.717, 1.165) is 17.7 Å². The Morgan fingerprint density at radius 3 is 2.74 bits per heavy atom. The lowest BCUT2D eigenvalue weighted by molar-refractivity contribution is 0.0984. The Balaban J connectivity index is 1.56. The van der Waals surface area contributed by atoms with Crippen LogP contribution in [-0.4, -0.2) is 23.3 Å². The van der Waals surface area contributed by atoms with Gasteiger partial charge in [0.2, 0.25) is 0 Å². The van der Waals surface area contributed by atoms with Crippen LogP contribution in [0.3, 0.4) is 0 Å². The number of fused-ring (bicyclic) bond motifs is 1. The van der Waals surface area contributed by atoms with Crippen LogP contribution in [0.2, 0.25) is 0 Å². The number of halogens is 1. The standard InChI is InChI=1S/C21H16FN3O2/c22-16-5-3-6-17(13-16)24-20(26)15-8-10-23-18(12-15)21(27)25-11-9-14-4-1-2-7-19(14)25/h1-8,10,12-13H,9,11H2,(H,24,26). The number of nitrogens with one attached hydrogen (secondary N) is 1. The molecular formula is C21H16FN3O2. The maximum atomic E-state index is 13.3. The summed E-state index contributed by atoms with van der Waals surface area (Å²) in [5, 5.41) is 2.62. The van der Waals surface area contributed by atoms with Crippen LogP contribution in [0.4, 0.5) is 15.8 Å². The number of nitrogens with zero attached hydrogens (tertiary/aromatic N) is 2. The first-order valence-corrected chi connectivity index (χ1v) is 8.54. The van der Waals surface area contributed by atoms with Crippen molar-refractivity contribution < 1.29 is 14.0 Å². The number of carbonyl (C=O) groups is 2. The first kappa shape index (κ1) is 16.9. The van der Waals surface area contributed by atoms with E-state index in [1.165, 1.54) is 36.5 Å². The van der Waals surface area contributed by atoms with Gasteiger partial charge in [0, 0.05) is 29.7 Å². The number of hydrogen-bond acceptors (Lipinski definition) is 3. The quantitative estimate of drug-likeness (QED) is 0.774. The van der Waals surface area contributed by atoms with E-state index < -0.39 is 11.7 Å². The zero-order valence-corrected chi connectivity index (χ0v) is 14.4. The zero-order valence-electron chi connectivity index (χ0n) is 14.4. The lowest BCUT2D eigenvalue weighted by atomic mass is 10.1. The first-order chi connectivity index (χ1) is 13.1. The van der Waals surface area contributed by atoms with Crippen LogP contribution in [0.25, 0.3) is 0 Å². The largest absolute Gasteiger partial charge is 0.322 e. The highest BCUT2D eigenvalue weighted by Crippen LogP contribution is 2.28. The topological polar surface area (TPSA) is 62.3 Å². The Morgan fingerprint density at radius 1 is 1.04 bits per heavy atom. The minimum atomic E-state index is -0.439. The highest BCUT2D eigenvalue weighted by atomic mass is 19.1. The molecular weight excluding hydrogens is 345 g/mol. The summed E-state index contributed by atoms with van der Waals surface area (Å²) >= 11 is 0. The van der Waals surface area contributed by atoms with Crippen LogP contribution in [0, 0.1) is 5.82 Å². The van der Waals surface area contributed by atoms with E-state index in [1.54, 1.807) is 11.0 Å². The molecule has 0 radical (unpaired) electrons. The summed E-state index contributed by atoms with van der Waals surface area (Å²) in [6, 6.07) is 16.3. The Kier molecular flexibility index (Phi) is 4.38. The predicted molar refractivity (Wildman–Crippen MR) is 100 cm³/mol. The van der Waals surface area contributed by atoms with Crippen molar-refractivity contribution in [2.24, 2.45) is 0 Å². The second-order valence-electron chi connectivity index (χ2n) is 6.23. The predicted octanol–water partition coefficient (Wildman–Crippen LogP) is 3.68. The summed E-state index contributed by atoms with van der Waals surface area (Å²) in [6.45, 7) is 0.583. The van der Waals surface area contributed by atoms with Gasteiger partial charge < -0.3 is 10.2 Å². The number of benzene rings is 2. The first-order valence-electron chi connectivity index (χ1n) is 8.54. The molecule has 0 saturated carbocycles. The van der Waals surface area contributed by atoms with Gasteiger partial charge in [0.05, 0.1) is 0 Å². The molecule has 6 heteroatoms. The van der Waals surface area contributed by atoms with Gasteiger partial charge in [0.1, 0.15) is 11.5 Å². The SMILES string of the molecule is O=C(Nc1cccc(F)c1)c1ccnc(C(=O)N2CCc3ccccc32)c1. The molecule has 5 nitrogen and oxygen atoms in total. The molecule has 3 aromatic rings. The van der Waals surface area contributed by atoms with Crippen molar-refractivity contribution in [2.75, 3.05) is 16.8 Å². The maximum absolute atomic E-state index is 13.3. The fraction of sp³-hybridized carbons (Fsp3) is 0.0952. The van der Waals surface area contributed by atoms with Crippen molar-refractivity contribution in [3.63, 3.8) is 0 Å². The fourth-order valence-electron chi connectivity index (χ4n) is 3.15. The van der Waals surface area contributed by atoms with Crippen LogP contribution in [0.1, 0.15) is 26.4 Å². The highest BCUT2D eigenvalue weighted by molar-refractivity contribution is 6.09. The van der Waals surface area contributed by atoms with Crippen LogP contribution in [0.5, 0.6) is 0 Å². The molecule has 0 spiro atoms.